The Morgan fingerprint density at radius 1 is 1.20 bits per heavy atom. The van der Waals surface area contributed by atoms with E-state index >= 15 is 0 Å². The Morgan fingerprint density at radius 2 is 1.96 bits per heavy atom. The van der Waals surface area contributed by atoms with Gasteiger partial charge in [-0.25, -0.2) is 9.88 Å². The summed E-state index contributed by atoms with van der Waals surface area (Å²) in [5, 5.41) is 5.28. The number of pyridine rings is 1. The van der Waals surface area contributed by atoms with Crippen molar-refractivity contribution in [1.82, 2.24) is 14.8 Å². The predicted molar refractivity (Wildman–Crippen MR) is 92.4 cm³/mol. The maximum absolute atomic E-state index is 13.1. The van der Waals surface area contributed by atoms with Gasteiger partial charge in [-0.3, -0.25) is 14.3 Å². The highest BCUT2D eigenvalue weighted by atomic mass is 35.5. The summed E-state index contributed by atoms with van der Waals surface area (Å²) in [4.78, 5) is 31.4. The molecule has 0 spiro atoms. The number of carbonyl (C=O) groups excluding carboxylic acids is 2. The first-order chi connectivity index (χ1) is 11.9. The lowest BCUT2D eigenvalue weighted by Crippen LogP contribution is -2.29. The van der Waals surface area contributed by atoms with Gasteiger partial charge in [-0.05, 0) is 25.1 Å². The number of benzene rings is 1. The maximum atomic E-state index is 13.1. The van der Waals surface area contributed by atoms with Crippen molar-refractivity contribution in [3.05, 3.63) is 46.2 Å². The van der Waals surface area contributed by atoms with Gasteiger partial charge in [0.05, 0.1) is 35.0 Å². The Labute approximate surface area is 147 Å². The van der Waals surface area contributed by atoms with Gasteiger partial charge in [-0.1, -0.05) is 11.6 Å². The quantitative estimate of drug-likeness (QED) is 0.660. The molecule has 0 bridgehead atoms. The lowest BCUT2D eigenvalue weighted by molar-refractivity contribution is 0.0925. The number of hydrogen-bond acceptors (Lipinski definition) is 5. The van der Waals surface area contributed by atoms with Gasteiger partial charge in [0.25, 0.3) is 11.8 Å². The van der Waals surface area contributed by atoms with Crippen LogP contribution in [0, 0.1) is 6.92 Å². The van der Waals surface area contributed by atoms with Crippen LogP contribution in [0.4, 0.5) is 5.69 Å². The summed E-state index contributed by atoms with van der Waals surface area (Å²) in [6.45, 7) is 1.78. The Bertz CT molecular complexity index is 1070. The molecular weight excluding hydrogens is 344 g/mol. The van der Waals surface area contributed by atoms with Crippen LogP contribution < -0.4 is 9.64 Å². The van der Waals surface area contributed by atoms with Crippen molar-refractivity contribution in [2.24, 2.45) is 7.05 Å². The van der Waals surface area contributed by atoms with Crippen LogP contribution in [0.25, 0.3) is 11.0 Å². The average molecular weight is 357 g/mol. The molecule has 126 valence electrons. The van der Waals surface area contributed by atoms with Crippen molar-refractivity contribution in [3.8, 4) is 5.75 Å². The fraction of sp³-hybridized carbons (Fsp3) is 0.176. The standard InChI is InChI=1S/C17H13ClN4O3/c1-8-13-14-10(7-19-15(13)21(2)20-8)16(23)22(17(14)24)11-6-9(18)4-5-12(11)25-3/h4-7H,1-3H3. The summed E-state index contributed by atoms with van der Waals surface area (Å²) in [7, 11) is 3.21. The number of hydrogen-bond donors (Lipinski definition) is 0. The zero-order valence-corrected chi connectivity index (χ0v) is 14.5. The molecule has 1 aliphatic rings. The fourth-order valence-corrected chi connectivity index (χ4v) is 3.34. The molecule has 0 aliphatic carbocycles. The third-order valence-corrected chi connectivity index (χ3v) is 4.49. The van der Waals surface area contributed by atoms with Crippen molar-refractivity contribution in [3.63, 3.8) is 0 Å². The normalized spacial score (nSPS) is 13.7. The van der Waals surface area contributed by atoms with Crippen LogP contribution in [-0.4, -0.2) is 33.7 Å². The molecule has 1 aliphatic heterocycles. The van der Waals surface area contributed by atoms with Gasteiger partial charge in [0.2, 0.25) is 0 Å². The second-order valence-electron chi connectivity index (χ2n) is 5.72. The minimum Gasteiger partial charge on any atom is -0.495 e. The number of rotatable bonds is 2. The van der Waals surface area contributed by atoms with E-state index in [1.54, 1.807) is 30.8 Å². The van der Waals surface area contributed by atoms with Crippen LogP contribution in [-0.2, 0) is 7.05 Å². The van der Waals surface area contributed by atoms with E-state index in [4.69, 9.17) is 16.3 Å². The van der Waals surface area contributed by atoms with E-state index in [1.165, 1.54) is 19.4 Å². The van der Waals surface area contributed by atoms with Crippen molar-refractivity contribution in [1.29, 1.82) is 0 Å². The molecule has 3 heterocycles. The fourth-order valence-electron chi connectivity index (χ4n) is 3.18. The van der Waals surface area contributed by atoms with E-state index in [0.29, 0.717) is 38.8 Å². The zero-order chi connectivity index (χ0) is 17.9. The van der Waals surface area contributed by atoms with Crippen LogP contribution in [0.15, 0.2) is 24.4 Å². The van der Waals surface area contributed by atoms with Crippen LogP contribution in [0.3, 0.4) is 0 Å². The topological polar surface area (TPSA) is 77.3 Å². The Kier molecular flexibility index (Phi) is 3.30. The third kappa shape index (κ3) is 2.05. The van der Waals surface area contributed by atoms with Gasteiger partial charge in [0.1, 0.15) is 5.75 Å². The zero-order valence-electron chi connectivity index (χ0n) is 13.7. The minimum atomic E-state index is -0.460. The number of halogens is 1. The van der Waals surface area contributed by atoms with Gasteiger partial charge < -0.3 is 4.74 Å². The highest BCUT2D eigenvalue weighted by Crippen LogP contribution is 2.38. The number of anilines is 1. The summed E-state index contributed by atoms with van der Waals surface area (Å²) in [6, 6.07) is 4.78. The number of imide groups is 1. The van der Waals surface area contributed by atoms with E-state index in [0.717, 1.165) is 4.90 Å². The number of fused-ring (bicyclic) bond motifs is 3. The number of ether oxygens (including phenoxy) is 1. The highest BCUT2D eigenvalue weighted by molar-refractivity contribution is 6.38. The smallest absolute Gasteiger partial charge is 0.267 e. The number of carbonyl (C=O) groups is 2. The van der Waals surface area contributed by atoms with Gasteiger partial charge in [-0.15, -0.1) is 0 Å². The Hall–Kier alpha value is -2.93. The molecule has 0 fully saturated rings. The Balaban J connectivity index is 1.98. The number of nitrogens with zero attached hydrogens (tertiary/aromatic N) is 4. The first-order valence-corrected chi connectivity index (χ1v) is 7.86. The average Bonchev–Trinajstić information content (AvgIpc) is 3.01. The van der Waals surface area contributed by atoms with Gasteiger partial charge in [0, 0.05) is 18.3 Å². The molecule has 25 heavy (non-hydrogen) atoms. The largest absolute Gasteiger partial charge is 0.495 e. The lowest BCUT2D eigenvalue weighted by atomic mass is 10.1. The molecule has 0 unspecified atom stereocenters. The van der Waals surface area contributed by atoms with Crippen LogP contribution in [0.2, 0.25) is 5.02 Å². The van der Waals surface area contributed by atoms with Crippen molar-refractivity contribution in [2.75, 3.05) is 12.0 Å². The molecule has 2 aromatic heterocycles. The van der Waals surface area contributed by atoms with E-state index in [-0.39, 0.29) is 5.56 Å². The maximum Gasteiger partial charge on any atom is 0.267 e. The van der Waals surface area contributed by atoms with Gasteiger partial charge in [-0.2, -0.15) is 5.10 Å². The van der Waals surface area contributed by atoms with Gasteiger partial charge in [0.15, 0.2) is 5.65 Å². The molecule has 1 aromatic carbocycles. The van der Waals surface area contributed by atoms with Crippen molar-refractivity contribution >= 4 is 40.1 Å². The van der Waals surface area contributed by atoms with Crippen molar-refractivity contribution < 1.29 is 14.3 Å². The molecular formula is C17H13ClN4O3. The molecule has 0 saturated carbocycles. The summed E-state index contributed by atoms with van der Waals surface area (Å²) in [6.07, 6.45) is 1.41. The van der Waals surface area contributed by atoms with E-state index < -0.39 is 11.8 Å². The summed E-state index contributed by atoms with van der Waals surface area (Å²) in [5.41, 5.74) is 2.05. The third-order valence-electron chi connectivity index (χ3n) is 4.26. The second kappa shape index (κ2) is 5.29. The van der Waals surface area contributed by atoms with Crippen molar-refractivity contribution in [2.45, 2.75) is 6.92 Å². The molecule has 0 saturated heterocycles. The van der Waals surface area contributed by atoms with Crippen LogP contribution >= 0.6 is 11.6 Å². The molecule has 0 atom stereocenters. The second-order valence-corrected chi connectivity index (χ2v) is 6.15. The van der Waals surface area contributed by atoms with Gasteiger partial charge >= 0.3 is 0 Å². The molecule has 0 radical (unpaired) electrons. The van der Waals surface area contributed by atoms with E-state index in [1.807, 2.05) is 0 Å². The minimum absolute atomic E-state index is 0.246. The van der Waals surface area contributed by atoms with E-state index in [2.05, 4.69) is 10.1 Å². The van der Waals surface area contributed by atoms with E-state index in [9.17, 15) is 9.59 Å². The first kappa shape index (κ1) is 15.6. The summed E-state index contributed by atoms with van der Waals surface area (Å²) >= 11 is 6.05. The molecule has 8 heteroatoms. The molecule has 4 rings (SSSR count). The SMILES string of the molecule is COc1ccc(Cl)cc1N1C(=O)c2cnc3c(c(C)nn3C)c2C1=O. The number of aromatic nitrogens is 3. The lowest BCUT2D eigenvalue weighted by Gasteiger charge is -2.17. The highest BCUT2D eigenvalue weighted by Gasteiger charge is 2.41. The molecule has 0 N–H and O–H groups in total. The van der Waals surface area contributed by atoms with Crippen LogP contribution in [0.1, 0.15) is 26.4 Å². The molecule has 2 amide bonds. The number of aryl methyl sites for hydroxylation is 2. The number of methoxy groups -OCH3 is 1. The van der Waals surface area contributed by atoms with Crippen LogP contribution in [0.5, 0.6) is 5.75 Å². The first-order valence-electron chi connectivity index (χ1n) is 7.48. The summed E-state index contributed by atoms with van der Waals surface area (Å²) < 4.78 is 6.88. The summed E-state index contributed by atoms with van der Waals surface area (Å²) in [5.74, 6) is -0.520. The molecule has 3 aromatic rings. The number of amides is 2. The monoisotopic (exact) mass is 356 g/mol. The molecule has 7 nitrogen and oxygen atoms in total. The predicted octanol–water partition coefficient (Wildman–Crippen LogP) is 2.74. The Morgan fingerprint density at radius 3 is 2.68 bits per heavy atom.